The molecule has 0 aliphatic carbocycles. The third-order valence-electron chi connectivity index (χ3n) is 6.35. The number of ether oxygens (including phenoxy) is 2. The molecule has 1 fully saturated rings. The predicted octanol–water partition coefficient (Wildman–Crippen LogP) is 6.99. The van der Waals surface area contributed by atoms with E-state index in [0.717, 1.165) is 55.8 Å². The predicted molar refractivity (Wildman–Crippen MR) is 133 cm³/mol. The highest BCUT2D eigenvalue weighted by Gasteiger charge is 2.24. The number of rotatable bonds is 8. The van der Waals surface area contributed by atoms with Gasteiger partial charge in [0, 0.05) is 13.1 Å². The summed E-state index contributed by atoms with van der Waals surface area (Å²) < 4.78 is 10.6. The summed E-state index contributed by atoms with van der Waals surface area (Å²) in [6.45, 7) is 8.47. The van der Waals surface area contributed by atoms with E-state index in [4.69, 9.17) is 9.47 Å². The molecule has 0 spiro atoms. The summed E-state index contributed by atoms with van der Waals surface area (Å²) in [7, 11) is 3.16. The maximum atomic E-state index is 12.8. The van der Waals surface area contributed by atoms with Crippen LogP contribution in [0.5, 0.6) is 5.75 Å². The minimum atomic E-state index is -0.260. The van der Waals surface area contributed by atoms with E-state index in [2.05, 4.69) is 56.0 Å². The fraction of sp³-hybridized carbons (Fsp3) is 0.464. The number of benzene rings is 2. The molecule has 1 saturated heterocycles. The molecule has 1 heterocycles. The maximum Gasteiger partial charge on any atom is 0.339 e. The first-order valence-corrected chi connectivity index (χ1v) is 11.7. The van der Waals surface area contributed by atoms with Gasteiger partial charge in [0.2, 0.25) is 0 Å². The summed E-state index contributed by atoms with van der Waals surface area (Å²) in [4.78, 5) is 15.2. The number of piperidine rings is 1. The Hall–Kier alpha value is -2.75. The van der Waals surface area contributed by atoms with Crippen LogP contribution in [0, 0.1) is 0 Å². The molecule has 0 radical (unpaired) electrons. The molecule has 3 rings (SSSR count). The number of carbonyl (C=O) groups excluding carboxylic acids is 1. The number of anilines is 1. The first-order chi connectivity index (χ1) is 15.4. The van der Waals surface area contributed by atoms with Gasteiger partial charge in [-0.3, -0.25) is 0 Å². The molecule has 2 aromatic carbocycles. The average Bonchev–Trinajstić information content (AvgIpc) is 2.83. The molecule has 0 amide bonds. The summed E-state index contributed by atoms with van der Waals surface area (Å²) in [6, 6.07) is 12.5. The van der Waals surface area contributed by atoms with Gasteiger partial charge < -0.3 is 14.4 Å². The lowest BCUT2D eigenvalue weighted by atomic mass is 9.86. The van der Waals surface area contributed by atoms with E-state index in [1.54, 1.807) is 7.11 Å². The minimum absolute atomic E-state index is 0.260. The average molecular weight is 436 g/mol. The molecule has 0 saturated carbocycles. The summed E-state index contributed by atoms with van der Waals surface area (Å²) in [5.41, 5.74) is 6.52. The van der Waals surface area contributed by atoms with E-state index < -0.39 is 0 Å². The van der Waals surface area contributed by atoms with Gasteiger partial charge in [0.15, 0.2) is 0 Å². The van der Waals surface area contributed by atoms with Gasteiger partial charge in [-0.1, -0.05) is 30.7 Å². The van der Waals surface area contributed by atoms with Crippen molar-refractivity contribution in [2.45, 2.75) is 58.8 Å². The Balaban J connectivity index is 2.12. The van der Waals surface area contributed by atoms with Gasteiger partial charge in [-0.15, -0.1) is 0 Å². The molecule has 172 valence electrons. The van der Waals surface area contributed by atoms with Gasteiger partial charge in [-0.2, -0.15) is 0 Å². The standard InChI is InChI=1S/C28H37NO3/c1-20(2)10-9-11-21(3)24-18-26(28(30)32-5)27(29-16-7-6-8-17-29)19-25(24)22-12-14-23(31-4)15-13-22/h10,12-15,18-19,21H,6-9,11,16-17H2,1-5H3/t21-/m0/s1. The van der Waals surface area contributed by atoms with Crippen molar-refractivity contribution in [3.8, 4) is 16.9 Å². The van der Waals surface area contributed by atoms with Crippen molar-refractivity contribution in [1.82, 2.24) is 0 Å². The second-order valence-electron chi connectivity index (χ2n) is 8.98. The first kappa shape index (κ1) is 23.9. The van der Waals surface area contributed by atoms with Crippen molar-refractivity contribution in [2.24, 2.45) is 0 Å². The van der Waals surface area contributed by atoms with Crippen molar-refractivity contribution in [3.05, 3.63) is 59.2 Å². The Morgan fingerprint density at radius 3 is 2.34 bits per heavy atom. The highest BCUT2D eigenvalue weighted by molar-refractivity contribution is 5.98. The van der Waals surface area contributed by atoms with Crippen LogP contribution in [0.3, 0.4) is 0 Å². The Kier molecular flexibility index (Phi) is 8.38. The van der Waals surface area contributed by atoms with Crippen LogP contribution in [0.25, 0.3) is 11.1 Å². The lowest BCUT2D eigenvalue weighted by molar-refractivity contribution is 0.0601. The zero-order chi connectivity index (χ0) is 23.1. The maximum absolute atomic E-state index is 12.8. The van der Waals surface area contributed by atoms with Crippen LogP contribution in [0.1, 0.15) is 74.7 Å². The Morgan fingerprint density at radius 2 is 1.75 bits per heavy atom. The summed E-state index contributed by atoms with van der Waals surface area (Å²) in [6.07, 6.45) is 7.88. The number of carbonyl (C=O) groups is 1. The lowest BCUT2D eigenvalue weighted by Gasteiger charge is -2.31. The molecular formula is C28H37NO3. The van der Waals surface area contributed by atoms with Gasteiger partial charge in [0.05, 0.1) is 25.5 Å². The minimum Gasteiger partial charge on any atom is -0.497 e. The van der Waals surface area contributed by atoms with E-state index >= 15 is 0 Å². The van der Waals surface area contributed by atoms with Crippen LogP contribution < -0.4 is 9.64 Å². The number of hydrogen-bond acceptors (Lipinski definition) is 4. The van der Waals surface area contributed by atoms with Crippen LogP contribution in [0.4, 0.5) is 5.69 Å². The zero-order valence-corrected chi connectivity index (χ0v) is 20.2. The normalized spacial score (nSPS) is 14.6. The third kappa shape index (κ3) is 5.73. The third-order valence-corrected chi connectivity index (χ3v) is 6.35. The Bertz CT molecular complexity index is 936. The number of allylic oxidation sites excluding steroid dienone is 2. The molecule has 0 N–H and O–H groups in total. The van der Waals surface area contributed by atoms with Crippen LogP contribution in [0.15, 0.2) is 48.0 Å². The number of nitrogens with zero attached hydrogens (tertiary/aromatic N) is 1. The summed E-state index contributed by atoms with van der Waals surface area (Å²) >= 11 is 0. The van der Waals surface area contributed by atoms with E-state index in [1.807, 2.05) is 12.1 Å². The van der Waals surface area contributed by atoms with Gasteiger partial charge >= 0.3 is 5.97 Å². The fourth-order valence-electron chi connectivity index (χ4n) is 4.48. The van der Waals surface area contributed by atoms with Gasteiger partial charge in [-0.05, 0) is 92.8 Å². The molecule has 0 aromatic heterocycles. The molecule has 2 aromatic rings. The fourth-order valence-corrected chi connectivity index (χ4v) is 4.48. The molecule has 1 atom stereocenters. The summed E-state index contributed by atoms with van der Waals surface area (Å²) in [5.74, 6) is 0.889. The number of hydrogen-bond donors (Lipinski definition) is 0. The Morgan fingerprint density at radius 1 is 1.06 bits per heavy atom. The molecule has 1 aliphatic rings. The Labute approximate surface area is 193 Å². The lowest BCUT2D eigenvalue weighted by Crippen LogP contribution is -2.31. The van der Waals surface area contributed by atoms with Crippen molar-refractivity contribution in [2.75, 3.05) is 32.2 Å². The van der Waals surface area contributed by atoms with Crippen molar-refractivity contribution in [3.63, 3.8) is 0 Å². The number of esters is 1. The quantitative estimate of drug-likeness (QED) is 0.331. The molecule has 32 heavy (non-hydrogen) atoms. The SMILES string of the molecule is COC(=O)c1cc([C@@H](C)CCC=C(C)C)c(-c2ccc(OC)cc2)cc1N1CCCCC1. The van der Waals surface area contributed by atoms with E-state index in [9.17, 15) is 4.79 Å². The topological polar surface area (TPSA) is 38.8 Å². The van der Waals surface area contributed by atoms with Crippen LogP contribution >= 0.6 is 0 Å². The van der Waals surface area contributed by atoms with Crippen LogP contribution in [-0.2, 0) is 4.74 Å². The van der Waals surface area contributed by atoms with Gasteiger partial charge in [0.1, 0.15) is 5.75 Å². The monoisotopic (exact) mass is 435 g/mol. The molecule has 4 nitrogen and oxygen atoms in total. The van der Waals surface area contributed by atoms with Crippen molar-refractivity contribution in [1.29, 1.82) is 0 Å². The van der Waals surface area contributed by atoms with Crippen LogP contribution in [0.2, 0.25) is 0 Å². The second kappa shape index (κ2) is 11.2. The van der Waals surface area contributed by atoms with E-state index in [0.29, 0.717) is 11.5 Å². The zero-order valence-electron chi connectivity index (χ0n) is 20.2. The highest BCUT2D eigenvalue weighted by atomic mass is 16.5. The molecule has 4 heteroatoms. The van der Waals surface area contributed by atoms with E-state index in [-0.39, 0.29) is 5.97 Å². The summed E-state index contributed by atoms with van der Waals surface area (Å²) in [5, 5.41) is 0. The second-order valence-corrected chi connectivity index (χ2v) is 8.98. The van der Waals surface area contributed by atoms with Crippen LogP contribution in [-0.4, -0.2) is 33.3 Å². The molecule has 1 aliphatic heterocycles. The first-order valence-electron chi connectivity index (χ1n) is 11.7. The van der Waals surface area contributed by atoms with E-state index in [1.165, 1.54) is 30.2 Å². The van der Waals surface area contributed by atoms with Gasteiger partial charge in [-0.25, -0.2) is 4.79 Å². The van der Waals surface area contributed by atoms with Crippen molar-refractivity contribution < 1.29 is 14.3 Å². The largest absolute Gasteiger partial charge is 0.497 e. The smallest absolute Gasteiger partial charge is 0.339 e. The van der Waals surface area contributed by atoms with Gasteiger partial charge in [0.25, 0.3) is 0 Å². The molecule has 0 bridgehead atoms. The molecular weight excluding hydrogens is 398 g/mol. The van der Waals surface area contributed by atoms with Crippen molar-refractivity contribution >= 4 is 11.7 Å². The number of methoxy groups -OCH3 is 2. The molecule has 0 unspecified atom stereocenters. The highest BCUT2D eigenvalue weighted by Crippen LogP contribution is 2.39.